The summed E-state index contributed by atoms with van der Waals surface area (Å²) >= 11 is 0. The Morgan fingerprint density at radius 3 is 2.12 bits per heavy atom. The molecule has 0 atom stereocenters. The normalized spacial score (nSPS) is 16.6. The molecular formula is C19H23NO4S. The Labute approximate surface area is 149 Å². The molecule has 0 spiro atoms. The summed E-state index contributed by atoms with van der Waals surface area (Å²) in [4.78, 5) is 0.352. The molecule has 1 aliphatic heterocycles. The maximum atomic E-state index is 12.6. The molecule has 3 rings (SSSR count). The first kappa shape index (κ1) is 17.9. The van der Waals surface area contributed by atoms with Crippen molar-refractivity contribution in [3.63, 3.8) is 0 Å². The fourth-order valence-electron chi connectivity index (χ4n) is 2.87. The van der Waals surface area contributed by atoms with Crippen molar-refractivity contribution < 1.29 is 17.9 Å². The molecule has 6 heteroatoms. The van der Waals surface area contributed by atoms with Crippen LogP contribution in [0.1, 0.15) is 12.8 Å². The Hall–Kier alpha value is -1.89. The molecule has 1 aliphatic rings. The van der Waals surface area contributed by atoms with Crippen LogP contribution in [0.2, 0.25) is 0 Å². The van der Waals surface area contributed by atoms with Crippen molar-refractivity contribution in [2.24, 2.45) is 0 Å². The maximum absolute atomic E-state index is 12.6. The first-order valence-corrected chi connectivity index (χ1v) is 9.95. The number of para-hydroxylation sites is 1. The van der Waals surface area contributed by atoms with Crippen LogP contribution in [0.25, 0.3) is 0 Å². The van der Waals surface area contributed by atoms with Gasteiger partial charge in [-0.15, -0.1) is 0 Å². The number of nitrogens with zero attached hydrogens (tertiary/aromatic N) is 1. The highest BCUT2D eigenvalue weighted by atomic mass is 32.2. The number of hydrogen-bond acceptors (Lipinski definition) is 4. The minimum Gasteiger partial charge on any atom is -0.491 e. The molecular weight excluding hydrogens is 338 g/mol. The van der Waals surface area contributed by atoms with E-state index in [0.717, 1.165) is 5.75 Å². The van der Waals surface area contributed by atoms with E-state index in [-0.39, 0.29) is 6.10 Å². The van der Waals surface area contributed by atoms with Crippen LogP contribution in [-0.2, 0) is 14.8 Å². The van der Waals surface area contributed by atoms with Crippen LogP contribution < -0.4 is 4.74 Å². The SMILES string of the molecule is O=S(=O)(c1ccccc1)N1CCC(OCCOc2ccccc2)CC1. The highest BCUT2D eigenvalue weighted by molar-refractivity contribution is 7.89. The molecule has 0 amide bonds. The summed E-state index contributed by atoms with van der Waals surface area (Å²) in [5, 5.41) is 0. The van der Waals surface area contributed by atoms with Crippen LogP contribution in [-0.4, -0.2) is 45.1 Å². The first-order chi connectivity index (χ1) is 12.2. The number of rotatable bonds is 7. The summed E-state index contributed by atoms with van der Waals surface area (Å²) in [6.07, 6.45) is 1.50. The van der Waals surface area contributed by atoms with E-state index in [2.05, 4.69) is 0 Å². The van der Waals surface area contributed by atoms with Gasteiger partial charge in [0.05, 0.1) is 17.6 Å². The summed E-state index contributed by atoms with van der Waals surface area (Å²) in [5.74, 6) is 0.829. The van der Waals surface area contributed by atoms with Crippen molar-refractivity contribution in [1.29, 1.82) is 0 Å². The number of hydrogen-bond donors (Lipinski definition) is 0. The van der Waals surface area contributed by atoms with Gasteiger partial charge >= 0.3 is 0 Å². The second-order valence-electron chi connectivity index (χ2n) is 5.95. The van der Waals surface area contributed by atoms with Gasteiger partial charge in [0, 0.05) is 13.1 Å². The zero-order valence-electron chi connectivity index (χ0n) is 14.1. The number of benzene rings is 2. The molecule has 1 saturated heterocycles. The Balaban J connectivity index is 1.41. The van der Waals surface area contributed by atoms with E-state index < -0.39 is 10.0 Å². The zero-order valence-corrected chi connectivity index (χ0v) is 14.9. The van der Waals surface area contributed by atoms with Gasteiger partial charge < -0.3 is 9.47 Å². The van der Waals surface area contributed by atoms with Crippen LogP contribution in [0.3, 0.4) is 0 Å². The molecule has 0 radical (unpaired) electrons. The molecule has 134 valence electrons. The van der Waals surface area contributed by atoms with E-state index in [1.807, 2.05) is 36.4 Å². The summed E-state index contributed by atoms with van der Waals surface area (Å²) in [6, 6.07) is 18.2. The molecule has 0 unspecified atom stereocenters. The number of ether oxygens (including phenoxy) is 2. The predicted octanol–water partition coefficient (Wildman–Crippen LogP) is 2.94. The molecule has 0 bridgehead atoms. The minimum absolute atomic E-state index is 0.0848. The number of sulfonamides is 1. The fraction of sp³-hybridized carbons (Fsp3) is 0.368. The van der Waals surface area contributed by atoms with E-state index in [4.69, 9.17) is 9.47 Å². The molecule has 1 fully saturated rings. The van der Waals surface area contributed by atoms with Gasteiger partial charge in [0.25, 0.3) is 0 Å². The molecule has 2 aromatic rings. The standard InChI is InChI=1S/C19H23NO4S/c21-25(22,19-9-5-2-6-10-19)20-13-11-18(12-14-20)24-16-15-23-17-7-3-1-4-8-17/h1-10,18H,11-16H2. The second-order valence-corrected chi connectivity index (χ2v) is 7.89. The lowest BCUT2D eigenvalue weighted by molar-refractivity contribution is 0.00700. The third-order valence-corrected chi connectivity index (χ3v) is 6.14. The van der Waals surface area contributed by atoms with E-state index in [9.17, 15) is 8.42 Å². The van der Waals surface area contributed by atoms with Gasteiger partial charge in [0.2, 0.25) is 10.0 Å². The van der Waals surface area contributed by atoms with Gasteiger partial charge in [0.1, 0.15) is 12.4 Å². The molecule has 0 aliphatic carbocycles. The lowest BCUT2D eigenvalue weighted by atomic mass is 10.1. The van der Waals surface area contributed by atoms with Gasteiger partial charge in [-0.1, -0.05) is 36.4 Å². The lowest BCUT2D eigenvalue weighted by Gasteiger charge is -2.31. The quantitative estimate of drug-likeness (QED) is 0.712. The van der Waals surface area contributed by atoms with E-state index in [1.54, 1.807) is 28.6 Å². The van der Waals surface area contributed by atoms with Crippen molar-refractivity contribution in [3.05, 3.63) is 60.7 Å². The predicted molar refractivity (Wildman–Crippen MR) is 96.1 cm³/mol. The lowest BCUT2D eigenvalue weighted by Crippen LogP contribution is -2.41. The van der Waals surface area contributed by atoms with Crippen molar-refractivity contribution in [2.75, 3.05) is 26.3 Å². The Bertz CT molecular complexity index is 742. The maximum Gasteiger partial charge on any atom is 0.243 e. The average Bonchev–Trinajstić information content (AvgIpc) is 2.67. The third-order valence-electron chi connectivity index (χ3n) is 4.23. The minimum atomic E-state index is -3.39. The van der Waals surface area contributed by atoms with Crippen LogP contribution in [0.4, 0.5) is 0 Å². The molecule has 0 aromatic heterocycles. The Morgan fingerprint density at radius 2 is 1.48 bits per heavy atom. The molecule has 0 N–H and O–H groups in total. The largest absolute Gasteiger partial charge is 0.491 e. The third kappa shape index (κ3) is 4.81. The van der Waals surface area contributed by atoms with Crippen molar-refractivity contribution in [3.8, 4) is 5.75 Å². The zero-order chi connectivity index (χ0) is 17.5. The fourth-order valence-corrected chi connectivity index (χ4v) is 4.36. The van der Waals surface area contributed by atoms with Gasteiger partial charge in [-0.25, -0.2) is 8.42 Å². The number of piperidine rings is 1. The summed E-state index contributed by atoms with van der Waals surface area (Å²) in [7, 11) is -3.39. The Morgan fingerprint density at radius 1 is 0.880 bits per heavy atom. The molecule has 25 heavy (non-hydrogen) atoms. The average molecular weight is 361 g/mol. The van der Waals surface area contributed by atoms with Crippen molar-refractivity contribution in [1.82, 2.24) is 4.31 Å². The highest BCUT2D eigenvalue weighted by Crippen LogP contribution is 2.21. The smallest absolute Gasteiger partial charge is 0.243 e. The van der Waals surface area contributed by atoms with Crippen LogP contribution in [0.15, 0.2) is 65.6 Å². The Kier molecular flexibility index (Phi) is 6.07. The van der Waals surface area contributed by atoms with E-state index in [0.29, 0.717) is 44.0 Å². The summed E-state index contributed by atoms with van der Waals surface area (Å²) < 4.78 is 38.1. The van der Waals surface area contributed by atoms with Gasteiger partial charge in [-0.3, -0.25) is 0 Å². The van der Waals surface area contributed by atoms with Crippen LogP contribution in [0, 0.1) is 0 Å². The van der Waals surface area contributed by atoms with E-state index in [1.165, 1.54) is 0 Å². The second kappa shape index (κ2) is 8.47. The van der Waals surface area contributed by atoms with Crippen LogP contribution in [0.5, 0.6) is 5.75 Å². The summed E-state index contributed by atoms with van der Waals surface area (Å²) in [5.41, 5.74) is 0. The van der Waals surface area contributed by atoms with Gasteiger partial charge in [-0.2, -0.15) is 4.31 Å². The monoisotopic (exact) mass is 361 g/mol. The van der Waals surface area contributed by atoms with Crippen LogP contribution >= 0.6 is 0 Å². The van der Waals surface area contributed by atoms with Gasteiger partial charge in [-0.05, 0) is 37.1 Å². The topological polar surface area (TPSA) is 55.8 Å². The first-order valence-electron chi connectivity index (χ1n) is 8.51. The highest BCUT2D eigenvalue weighted by Gasteiger charge is 2.29. The van der Waals surface area contributed by atoms with Crippen molar-refractivity contribution in [2.45, 2.75) is 23.8 Å². The molecule has 5 nitrogen and oxygen atoms in total. The molecule has 0 saturated carbocycles. The van der Waals surface area contributed by atoms with Crippen molar-refractivity contribution >= 4 is 10.0 Å². The van der Waals surface area contributed by atoms with E-state index >= 15 is 0 Å². The summed E-state index contributed by atoms with van der Waals surface area (Å²) in [6.45, 7) is 1.97. The molecule has 1 heterocycles. The molecule has 2 aromatic carbocycles. The van der Waals surface area contributed by atoms with Gasteiger partial charge in [0.15, 0.2) is 0 Å².